The highest BCUT2D eigenvalue weighted by atomic mass is 16.5. The molecule has 2 heteroatoms. The highest BCUT2D eigenvalue weighted by Gasteiger charge is 2.28. The van der Waals surface area contributed by atoms with Crippen molar-refractivity contribution in [3.05, 3.63) is 35.7 Å². The van der Waals surface area contributed by atoms with Crippen molar-refractivity contribution < 1.29 is 9.53 Å². The SMILES string of the molecule is [CH2]c1cc(C(C)(C)C)c(OC(C)=O)c(C(C)(C)C)c1. The van der Waals surface area contributed by atoms with Crippen molar-refractivity contribution in [2.24, 2.45) is 0 Å². The van der Waals surface area contributed by atoms with Crippen LogP contribution in [0.2, 0.25) is 0 Å². The van der Waals surface area contributed by atoms with Crippen molar-refractivity contribution in [3.8, 4) is 5.75 Å². The Morgan fingerprint density at radius 3 is 1.63 bits per heavy atom. The summed E-state index contributed by atoms with van der Waals surface area (Å²) in [4.78, 5) is 11.4. The third kappa shape index (κ3) is 3.82. The Hall–Kier alpha value is -1.31. The zero-order valence-corrected chi connectivity index (χ0v) is 13.2. The molecule has 0 atom stereocenters. The molecule has 1 radical (unpaired) electrons. The van der Waals surface area contributed by atoms with E-state index < -0.39 is 0 Å². The monoisotopic (exact) mass is 261 g/mol. The number of carbonyl (C=O) groups is 1. The van der Waals surface area contributed by atoms with Crippen LogP contribution in [0.25, 0.3) is 0 Å². The van der Waals surface area contributed by atoms with Crippen molar-refractivity contribution in [2.75, 3.05) is 0 Å². The summed E-state index contributed by atoms with van der Waals surface area (Å²) in [5.74, 6) is 0.410. The fourth-order valence-corrected chi connectivity index (χ4v) is 2.06. The summed E-state index contributed by atoms with van der Waals surface area (Å²) in [7, 11) is 0. The lowest BCUT2D eigenvalue weighted by atomic mass is 9.78. The lowest BCUT2D eigenvalue weighted by molar-refractivity contribution is -0.132. The van der Waals surface area contributed by atoms with E-state index in [1.54, 1.807) is 0 Å². The minimum absolute atomic E-state index is 0.0987. The Morgan fingerprint density at radius 1 is 1.00 bits per heavy atom. The predicted octanol–water partition coefficient (Wildman–Crippen LogP) is 4.39. The molecule has 0 amide bonds. The molecule has 0 spiro atoms. The van der Waals surface area contributed by atoms with Crippen molar-refractivity contribution in [3.63, 3.8) is 0 Å². The second kappa shape index (κ2) is 4.99. The Morgan fingerprint density at radius 2 is 1.37 bits per heavy atom. The van der Waals surface area contributed by atoms with Gasteiger partial charge in [-0.3, -0.25) is 4.79 Å². The smallest absolute Gasteiger partial charge is 0.308 e. The first kappa shape index (κ1) is 15.7. The van der Waals surface area contributed by atoms with E-state index in [9.17, 15) is 4.79 Å². The number of ether oxygens (including phenoxy) is 1. The van der Waals surface area contributed by atoms with Crippen molar-refractivity contribution >= 4 is 5.97 Å². The zero-order chi connectivity index (χ0) is 15.0. The van der Waals surface area contributed by atoms with Crippen LogP contribution >= 0.6 is 0 Å². The van der Waals surface area contributed by atoms with Crippen LogP contribution < -0.4 is 4.74 Å². The summed E-state index contributed by atoms with van der Waals surface area (Å²) in [5.41, 5.74) is 2.81. The van der Waals surface area contributed by atoms with Gasteiger partial charge in [0.2, 0.25) is 0 Å². The van der Waals surface area contributed by atoms with Gasteiger partial charge in [-0.2, -0.15) is 0 Å². The largest absolute Gasteiger partial charge is 0.426 e. The van der Waals surface area contributed by atoms with Crippen LogP contribution in [0.5, 0.6) is 5.75 Å². The van der Waals surface area contributed by atoms with Crippen LogP contribution in [0.15, 0.2) is 12.1 Å². The van der Waals surface area contributed by atoms with E-state index in [-0.39, 0.29) is 16.8 Å². The number of hydrogen-bond acceptors (Lipinski definition) is 2. The maximum Gasteiger partial charge on any atom is 0.308 e. The molecule has 0 bridgehead atoms. The average molecular weight is 261 g/mol. The molecule has 0 aliphatic rings. The Kier molecular flexibility index (Phi) is 4.14. The van der Waals surface area contributed by atoms with E-state index in [1.165, 1.54) is 6.92 Å². The van der Waals surface area contributed by atoms with Crippen LogP contribution in [0.4, 0.5) is 0 Å². The molecule has 1 aromatic carbocycles. The van der Waals surface area contributed by atoms with Gasteiger partial charge >= 0.3 is 5.97 Å². The number of benzene rings is 1. The predicted molar refractivity (Wildman–Crippen MR) is 79.6 cm³/mol. The topological polar surface area (TPSA) is 26.3 Å². The summed E-state index contributed by atoms with van der Waals surface area (Å²) in [6, 6.07) is 4.01. The molecule has 0 N–H and O–H groups in total. The van der Waals surface area contributed by atoms with Gasteiger partial charge in [-0.1, -0.05) is 53.7 Å². The van der Waals surface area contributed by atoms with E-state index in [0.29, 0.717) is 5.75 Å². The summed E-state index contributed by atoms with van der Waals surface area (Å²) in [5, 5.41) is 0. The molecule has 0 aliphatic carbocycles. The molecular formula is C17H25O2. The Labute approximate surface area is 117 Å². The van der Waals surface area contributed by atoms with Gasteiger partial charge in [0.25, 0.3) is 0 Å². The molecule has 0 fully saturated rings. The highest BCUT2D eigenvalue weighted by Crippen LogP contribution is 2.40. The van der Waals surface area contributed by atoms with Gasteiger partial charge < -0.3 is 4.74 Å². The second-order valence-corrected chi connectivity index (χ2v) is 7.11. The van der Waals surface area contributed by atoms with Crippen LogP contribution in [0.1, 0.15) is 65.2 Å². The lowest BCUT2D eigenvalue weighted by Crippen LogP contribution is -2.21. The molecule has 0 saturated heterocycles. The Balaban J connectivity index is 3.63. The molecule has 0 unspecified atom stereocenters. The minimum Gasteiger partial charge on any atom is -0.426 e. The number of carbonyl (C=O) groups excluding carboxylic acids is 1. The van der Waals surface area contributed by atoms with Gasteiger partial charge in [-0.15, -0.1) is 0 Å². The van der Waals surface area contributed by atoms with E-state index >= 15 is 0 Å². The normalized spacial score (nSPS) is 12.4. The lowest BCUT2D eigenvalue weighted by Gasteiger charge is -2.29. The number of hydrogen-bond donors (Lipinski definition) is 0. The number of esters is 1. The molecule has 0 aliphatic heterocycles. The standard InChI is InChI=1S/C17H25O2/c1-11-9-13(16(3,4)5)15(19-12(2)18)14(10-11)17(6,7)8/h9-10H,1H2,2-8H3. The number of rotatable bonds is 1. The molecule has 0 saturated carbocycles. The van der Waals surface area contributed by atoms with Gasteiger partial charge in [-0.25, -0.2) is 0 Å². The summed E-state index contributed by atoms with van der Waals surface area (Å²) in [6.07, 6.45) is 0. The van der Waals surface area contributed by atoms with Crippen LogP contribution in [0, 0.1) is 6.92 Å². The Bertz CT molecular complexity index is 450. The summed E-state index contributed by atoms with van der Waals surface area (Å²) in [6.45, 7) is 18.2. The molecule has 1 aromatic rings. The second-order valence-electron chi connectivity index (χ2n) is 7.11. The summed E-state index contributed by atoms with van der Waals surface area (Å²) >= 11 is 0. The molecule has 19 heavy (non-hydrogen) atoms. The first-order chi connectivity index (χ1) is 8.43. The first-order valence-corrected chi connectivity index (χ1v) is 6.62. The van der Waals surface area contributed by atoms with Gasteiger partial charge in [0.1, 0.15) is 5.75 Å². The van der Waals surface area contributed by atoms with E-state index in [0.717, 1.165) is 16.7 Å². The summed E-state index contributed by atoms with van der Waals surface area (Å²) < 4.78 is 5.52. The molecular weight excluding hydrogens is 236 g/mol. The molecule has 1 rings (SSSR count). The van der Waals surface area contributed by atoms with Crippen molar-refractivity contribution in [2.45, 2.75) is 59.3 Å². The highest BCUT2D eigenvalue weighted by molar-refractivity contribution is 5.71. The molecule has 2 nitrogen and oxygen atoms in total. The van der Waals surface area contributed by atoms with Gasteiger partial charge in [0, 0.05) is 18.1 Å². The fourth-order valence-electron chi connectivity index (χ4n) is 2.06. The van der Waals surface area contributed by atoms with Gasteiger partial charge in [0.05, 0.1) is 0 Å². The molecule has 105 valence electrons. The van der Waals surface area contributed by atoms with Crippen LogP contribution in [0.3, 0.4) is 0 Å². The fraction of sp³-hybridized carbons (Fsp3) is 0.529. The zero-order valence-electron chi connectivity index (χ0n) is 13.2. The third-order valence-electron chi connectivity index (χ3n) is 3.01. The third-order valence-corrected chi connectivity index (χ3v) is 3.01. The first-order valence-electron chi connectivity index (χ1n) is 6.62. The van der Waals surface area contributed by atoms with Crippen LogP contribution in [-0.4, -0.2) is 5.97 Å². The molecule has 0 heterocycles. The van der Waals surface area contributed by atoms with E-state index in [4.69, 9.17) is 4.74 Å². The minimum atomic E-state index is -0.284. The maximum atomic E-state index is 11.4. The quantitative estimate of drug-likeness (QED) is 0.553. The van der Waals surface area contributed by atoms with Gasteiger partial charge in [0.15, 0.2) is 0 Å². The van der Waals surface area contributed by atoms with Crippen LogP contribution in [-0.2, 0) is 15.6 Å². The maximum absolute atomic E-state index is 11.4. The molecule has 0 aromatic heterocycles. The average Bonchev–Trinajstić information content (AvgIpc) is 2.16. The van der Waals surface area contributed by atoms with E-state index in [2.05, 4.69) is 48.5 Å². The van der Waals surface area contributed by atoms with Gasteiger partial charge in [-0.05, 0) is 23.3 Å². The van der Waals surface area contributed by atoms with Crippen molar-refractivity contribution in [1.29, 1.82) is 0 Å². The van der Waals surface area contributed by atoms with Crippen molar-refractivity contribution in [1.82, 2.24) is 0 Å². The van der Waals surface area contributed by atoms with E-state index in [1.807, 2.05) is 12.1 Å².